The molecule has 5 N–H and O–H groups in total. The van der Waals surface area contributed by atoms with Crippen molar-refractivity contribution in [3.05, 3.63) is 0 Å². The van der Waals surface area contributed by atoms with Crippen molar-refractivity contribution < 1.29 is 20.4 Å². The molecule has 138 valence electrons. The Bertz CT molecular complexity index is 290. The van der Waals surface area contributed by atoms with Gasteiger partial charge in [0, 0.05) is 6.04 Å². The second-order valence-electron chi connectivity index (χ2n) is 7.02. The third-order valence-electron chi connectivity index (χ3n) is 4.94. The second-order valence-corrected chi connectivity index (χ2v) is 7.02. The van der Waals surface area contributed by atoms with E-state index in [-0.39, 0.29) is 12.5 Å². The van der Waals surface area contributed by atoms with E-state index in [2.05, 4.69) is 12.2 Å². The maximum atomic E-state index is 9.90. The predicted octanol–water partition coefficient (Wildman–Crippen LogP) is 1.71. The Balaban J connectivity index is 1.96. The Labute approximate surface area is 141 Å². The Morgan fingerprint density at radius 2 is 1.22 bits per heavy atom. The van der Waals surface area contributed by atoms with Crippen molar-refractivity contribution >= 4 is 0 Å². The largest absolute Gasteiger partial charge is 0.390 e. The first-order valence-corrected chi connectivity index (χ1v) is 9.53. The minimum atomic E-state index is -1.27. The molecule has 0 saturated heterocycles. The summed E-state index contributed by atoms with van der Waals surface area (Å²) in [6, 6.07) is -0.345. The van der Waals surface area contributed by atoms with Crippen LogP contribution in [0.15, 0.2) is 0 Å². The van der Waals surface area contributed by atoms with Crippen LogP contribution in [-0.2, 0) is 0 Å². The molecule has 0 radical (unpaired) electrons. The van der Waals surface area contributed by atoms with Crippen molar-refractivity contribution in [3.63, 3.8) is 0 Å². The maximum Gasteiger partial charge on any atom is 0.110 e. The highest BCUT2D eigenvalue weighted by Crippen LogP contribution is 2.20. The van der Waals surface area contributed by atoms with Gasteiger partial charge in [-0.2, -0.15) is 0 Å². The molecule has 0 aromatic carbocycles. The summed E-state index contributed by atoms with van der Waals surface area (Å²) in [7, 11) is 0. The first-order valence-electron chi connectivity index (χ1n) is 9.53. The van der Waals surface area contributed by atoms with Crippen LogP contribution in [0.5, 0.6) is 0 Å². The molecule has 23 heavy (non-hydrogen) atoms. The molecule has 5 atom stereocenters. The maximum absolute atomic E-state index is 9.90. The molecule has 0 aromatic rings. The molecular formula is C18H37NO4. The molecule has 0 heterocycles. The molecule has 1 rings (SSSR count). The first-order chi connectivity index (χ1) is 11.1. The second kappa shape index (κ2) is 12.2. The lowest BCUT2D eigenvalue weighted by molar-refractivity contribution is -0.146. The Morgan fingerprint density at radius 1 is 0.696 bits per heavy atom. The monoisotopic (exact) mass is 331 g/mol. The van der Waals surface area contributed by atoms with E-state index in [9.17, 15) is 20.4 Å². The minimum absolute atomic E-state index is 0.275. The van der Waals surface area contributed by atoms with Crippen LogP contribution in [0.2, 0.25) is 0 Å². The van der Waals surface area contributed by atoms with E-state index in [0.29, 0.717) is 0 Å². The SMILES string of the molecule is CCCCCCCCCCCCN[C@@H]1C[C@@H](O)[C@H](O)[C@@H](O)[C@H]1O. The molecule has 0 unspecified atom stereocenters. The van der Waals surface area contributed by atoms with Crippen LogP contribution < -0.4 is 5.32 Å². The summed E-state index contributed by atoms with van der Waals surface area (Å²) in [6.07, 6.45) is 8.58. The third kappa shape index (κ3) is 7.94. The molecule has 1 saturated carbocycles. The van der Waals surface area contributed by atoms with Gasteiger partial charge in [0.05, 0.1) is 12.2 Å². The normalized spacial score (nSPS) is 31.4. The average Bonchev–Trinajstić information content (AvgIpc) is 2.55. The Morgan fingerprint density at radius 3 is 1.78 bits per heavy atom. The predicted molar refractivity (Wildman–Crippen MR) is 92.3 cm³/mol. The van der Waals surface area contributed by atoms with Crippen molar-refractivity contribution in [2.45, 2.75) is 108 Å². The van der Waals surface area contributed by atoms with Gasteiger partial charge in [-0.1, -0.05) is 64.7 Å². The van der Waals surface area contributed by atoms with E-state index in [1.165, 1.54) is 57.8 Å². The molecule has 0 aromatic heterocycles. The number of hydrogen-bond acceptors (Lipinski definition) is 5. The fourth-order valence-electron chi connectivity index (χ4n) is 3.31. The molecule has 0 aliphatic heterocycles. The van der Waals surface area contributed by atoms with Crippen LogP contribution in [0.1, 0.15) is 77.6 Å². The van der Waals surface area contributed by atoms with Gasteiger partial charge in [0.2, 0.25) is 0 Å². The van der Waals surface area contributed by atoms with Crippen LogP contribution in [0.25, 0.3) is 0 Å². The van der Waals surface area contributed by atoms with E-state index in [4.69, 9.17) is 0 Å². The molecule has 0 spiro atoms. The smallest absolute Gasteiger partial charge is 0.110 e. The van der Waals surface area contributed by atoms with Gasteiger partial charge in [-0.3, -0.25) is 0 Å². The van der Waals surface area contributed by atoms with Gasteiger partial charge in [0.1, 0.15) is 12.2 Å². The van der Waals surface area contributed by atoms with Gasteiger partial charge in [-0.15, -0.1) is 0 Å². The topological polar surface area (TPSA) is 93.0 Å². The lowest BCUT2D eigenvalue weighted by atomic mass is 9.85. The van der Waals surface area contributed by atoms with Gasteiger partial charge >= 0.3 is 0 Å². The van der Waals surface area contributed by atoms with E-state index >= 15 is 0 Å². The molecule has 0 amide bonds. The van der Waals surface area contributed by atoms with Gasteiger partial charge in [-0.25, -0.2) is 0 Å². The summed E-state index contributed by atoms with van der Waals surface area (Å²) in [4.78, 5) is 0. The Hall–Kier alpha value is -0.200. The third-order valence-corrected chi connectivity index (χ3v) is 4.94. The molecule has 1 aliphatic rings. The van der Waals surface area contributed by atoms with Gasteiger partial charge < -0.3 is 25.7 Å². The van der Waals surface area contributed by atoms with Crippen molar-refractivity contribution in [2.24, 2.45) is 0 Å². The number of hydrogen-bond donors (Lipinski definition) is 5. The van der Waals surface area contributed by atoms with Crippen LogP contribution in [0.3, 0.4) is 0 Å². The fourth-order valence-corrected chi connectivity index (χ4v) is 3.31. The first kappa shape index (κ1) is 20.8. The summed E-state index contributed by atoms with van der Waals surface area (Å²) in [5, 5.41) is 41.9. The summed E-state index contributed by atoms with van der Waals surface area (Å²) in [5.74, 6) is 0. The van der Waals surface area contributed by atoms with Crippen LogP contribution in [-0.4, -0.2) is 57.4 Å². The lowest BCUT2D eigenvalue weighted by Gasteiger charge is -2.38. The summed E-state index contributed by atoms with van der Waals surface area (Å²) in [6.45, 7) is 3.01. The van der Waals surface area contributed by atoms with Crippen LogP contribution in [0.4, 0.5) is 0 Å². The van der Waals surface area contributed by atoms with Gasteiger partial charge in [0.15, 0.2) is 0 Å². The van der Waals surface area contributed by atoms with Crippen molar-refractivity contribution in [1.29, 1.82) is 0 Å². The molecule has 5 nitrogen and oxygen atoms in total. The van der Waals surface area contributed by atoms with E-state index in [1.807, 2.05) is 0 Å². The van der Waals surface area contributed by atoms with Gasteiger partial charge in [0.25, 0.3) is 0 Å². The highest BCUT2D eigenvalue weighted by molar-refractivity contribution is 4.95. The van der Waals surface area contributed by atoms with E-state index in [0.717, 1.165) is 13.0 Å². The Kier molecular flexibility index (Phi) is 11.1. The lowest BCUT2D eigenvalue weighted by Crippen LogP contribution is -2.60. The molecule has 5 heteroatoms. The van der Waals surface area contributed by atoms with Crippen LogP contribution in [0, 0.1) is 0 Å². The summed E-state index contributed by atoms with van der Waals surface area (Å²) in [5.41, 5.74) is 0. The van der Waals surface area contributed by atoms with Crippen molar-refractivity contribution in [2.75, 3.05) is 6.54 Å². The van der Waals surface area contributed by atoms with Crippen molar-refractivity contribution in [1.82, 2.24) is 5.32 Å². The molecule has 1 aliphatic carbocycles. The number of rotatable bonds is 12. The van der Waals surface area contributed by atoms with E-state index in [1.54, 1.807) is 0 Å². The zero-order valence-electron chi connectivity index (χ0n) is 14.7. The van der Waals surface area contributed by atoms with Gasteiger partial charge in [-0.05, 0) is 19.4 Å². The number of unbranched alkanes of at least 4 members (excludes halogenated alkanes) is 9. The number of aliphatic hydroxyl groups is 4. The summed E-state index contributed by atoms with van der Waals surface area (Å²) >= 11 is 0. The fraction of sp³-hybridized carbons (Fsp3) is 1.00. The van der Waals surface area contributed by atoms with Crippen molar-refractivity contribution in [3.8, 4) is 0 Å². The highest BCUT2D eigenvalue weighted by atomic mass is 16.4. The zero-order valence-corrected chi connectivity index (χ0v) is 14.7. The molecule has 1 fully saturated rings. The quantitative estimate of drug-likeness (QED) is 0.351. The molecule has 0 bridgehead atoms. The number of nitrogens with one attached hydrogen (secondary N) is 1. The average molecular weight is 331 g/mol. The highest BCUT2D eigenvalue weighted by Gasteiger charge is 2.41. The summed E-state index contributed by atoms with van der Waals surface area (Å²) < 4.78 is 0. The van der Waals surface area contributed by atoms with E-state index < -0.39 is 24.4 Å². The molecular weight excluding hydrogens is 294 g/mol. The zero-order chi connectivity index (χ0) is 17.1. The minimum Gasteiger partial charge on any atom is -0.390 e. The number of aliphatic hydroxyl groups excluding tert-OH is 4. The van der Waals surface area contributed by atoms with Crippen LogP contribution >= 0.6 is 0 Å². The standard InChI is InChI=1S/C18H37NO4/c1-2-3-4-5-6-7-8-9-10-11-12-19-14-13-15(20)17(22)18(23)16(14)21/h14-23H,2-13H2,1H3/t14-,15-,16+,17+,18+/m1/s1.